The number of halogens is 2. The van der Waals surface area contributed by atoms with Crippen LogP contribution in [0.5, 0.6) is 0 Å². The average molecular weight is 494 g/mol. The van der Waals surface area contributed by atoms with Gasteiger partial charge in [-0.05, 0) is 48.4 Å². The second-order valence-corrected chi connectivity index (χ2v) is 8.71. The topological polar surface area (TPSA) is 94.2 Å². The number of nitrogens with one attached hydrogen (secondary N) is 1. The third-order valence-corrected chi connectivity index (χ3v) is 6.47. The molecule has 0 aliphatic carbocycles. The zero-order valence-corrected chi connectivity index (χ0v) is 19.7. The highest BCUT2D eigenvalue weighted by Crippen LogP contribution is 2.28. The highest BCUT2D eigenvalue weighted by Gasteiger charge is 2.23. The van der Waals surface area contributed by atoms with E-state index < -0.39 is 23.4 Å². The van der Waals surface area contributed by atoms with E-state index in [1.807, 2.05) is 6.07 Å². The number of hydrogen-bond donors (Lipinski definition) is 2. The first kappa shape index (κ1) is 23.5. The number of carbonyl (C=O) groups is 2. The number of amides is 2. The first-order valence-electron chi connectivity index (χ1n) is 10.5. The predicted octanol–water partition coefficient (Wildman–Crippen LogP) is 5.13. The van der Waals surface area contributed by atoms with E-state index in [4.69, 9.17) is 28.9 Å². The molecule has 2 amide bonds. The molecular formula is C26H21Cl2N3O3. The van der Waals surface area contributed by atoms with Crippen LogP contribution in [0.2, 0.25) is 10.0 Å². The minimum atomic E-state index is -0.953. The molecule has 34 heavy (non-hydrogen) atoms. The van der Waals surface area contributed by atoms with E-state index in [1.54, 1.807) is 73.7 Å². The van der Waals surface area contributed by atoms with Gasteiger partial charge in [0.1, 0.15) is 6.04 Å². The van der Waals surface area contributed by atoms with Gasteiger partial charge in [-0.1, -0.05) is 65.7 Å². The molecule has 3 aromatic carbocycles. The smallest absolute Gasteiger partial charge is 0.259 e. The van der Waals surface area contributed by atoms with E-state index in [9.17, 15) is 14.4 Å². The average Bonchev–Trinajstić information content (AvgIpc) is 2.83. The Hall–Kier alpha value is -3.61. The Morgan fingerprint density at radius 3 is 2.29 bits per heavy atom. The Balaban J connectivity index is 1.70. The Bertz CT molecular complexity index is 1450. The molecule has 0 radical (unpaired) electrons. The molecule has 0 fully saturated rings. The van der Waals surface area contributed by atoms with Crippen molar-refractivity contribution in [3.05, 3.63) is 111 Å². The molecule has 4 rings (SSSR count). The fourth-order valence-electron chi connectivity index (χ4n) is 3.88. The molecule has 0 saturated carbocycles. The molecule has 0 aliphatic heterocycles. The summed E-state index contributed by atoms with van der Waals surface area (Å²) in [5.41, 5.74) is 7.05. The van der Waals surface area contributed by atoms with Crippen molar-refractivity contribution >= 4 is 51.5 Å². The van der Waals surface area contributed by atoms with Crippen molar-refractivity contribution in [2.75, 3.05) is 5.32 Å². The Morgan fingerprint density at radius 2 is 1.62 bits per heavy atom. The summed E-state index contributed by atoms with van der Waals surface area (Å²) in [5.74, 6) is -1.43. The van der Waals surface area contributed by atoms with Crippen LogP contribution in [0.15, 0.2) is 83.8 Å². The lowest BCUT2D eigenvalue weighted by molar-refractivity contribution is -0.120. The van der Waals surface area contributed by atoms with Crippen molar-refractivity contribution in [1.82, 2.24) is 4.57 Å². The van der Waals surface area contributed by atoms with Gasteiger partial charge >= 0.3 is 0 Å². The van der Waals surface area contributed by atoms with Gasteiger partial charge < -0.3 is 11.1 Å². The number of benzene rings is 3. The normalized spacial score (nSPS) is 12.8. The van der Waals surface area contributed by atoms with E-state index in [0.29, 0.717) is 37.6 Å². The van der Waals surface area contributed by atoms with Crippen molar-refractivity contribution in [3.8, 4) is 0 Å². The Morgan fingerprint density at radius 1 is 0.882 bits per heavy atom. The SMILES string of the molecule is C[C@H](C(=O)Nc1cccc2c(=O)n([C@@H](C(N)=O)c3ccccc3)ccc12)c1ccc(Cl)c(Cl)c1. The maximum atomic E-state index is 13.3. The predicted molar refractivity (Wildman–Crippen MR) is 135 cm³/mol. The number of nitrogens with two attached hydrogens (primary N) is 1. The molecule has 1 heterocycles. The summed E-state index contributed by atoms with van der Waals surface area (Å²) in [7, 11) is 0. The number of hydrogen-bond acceptors (Lipinski definition) is 3. The van der Waals surface area contributed by atoms with Crippen LogP contribution in [0.3, 0.4) is 0 Å². The summed E-state index contributed by atoms with van der Waals surface area (Å²) >= 11 is 12.1. The lowest BCUT2D eigenvalue weighted by atomic mass is 10.00. The minimum Gasteiger partial charge on any atom is -0.368 e. The van der Waals surface area contributed by atoms with Gasteiger partial charge in [-0.3, -0.25) is 19.0 Å². The fourth-order valence-corrected chi connectivity index (χ4v) is 4.18. The van der Waals surface area contributed by atoms with Crippen LogP contribution >= 0.6 is 23.2 Å². The summed E-state index contributed by atoms with van der Waals surface area (Å²) < 4.78 is 1.31. The Labute approximate surface area is 205 Å². The van der Waals surface area contributed by atoms with Crippen LogP contribution in [0.4, 0.5) is 5.69 Å². The van der Waals surface area contributed by atoms with Crippen molar-refractivity contribution < 1.29 is 9.59 Å². The molecule has 0 unspecified atom stereocenters. The molecule has 6 nitrogen and oxygen atoms in total. The first-order valence-corrected chi connectivity index (χ1v) is 11.3. The summed E-state index contributed by atoms with van der Waals surface area (Å²) in [6.45, 7) is 1.75. The molecule has 4 aromatic rings. The molecule has 3 N–H and O–H groups in total. The van der Waals surface area contributed by atoms with Gasteiger partial charge in [0.2, 0.25) is 11.8 Å². The third-order valence-electron chi connectivity index (χ3n) is 5.73. The standard InChI is InChI=1S/C26H21Cl2N3O3/c1-15(17-10-11-20(27)21(28)14-17)25(33)30-22-9-5-8-19-18(22)12-13-31(26(19)34)23(24(29)32)16-6-3-2-4-7-16/h2-15,23H,1H3,(H2,29,32)(H,30,33)/t15-,23+/m0/s1. The summed E-state index contributed by atoms with van der Waals surface area (Å²) in [6.07, 6.45) is 1.52. The highest BCUT2D eigenvalue weighted by molar-refractivity contribution is 6.42. The molecular weight excluding hydrogens is 473 g/mol. The van der Waals surface area contributed by atoms with Crippen LogP contribution in [0.25, 0.3) is 10.8 Å². The zero-order chi connectivity index (χ0) is 24.4. The van der Waals surface area contributed by atoms with Gasteiger partial charge in [-0.25, -0.2) is 0 Å². The van der Waals surface area contributed by atoms with Crippen LogP contribution in [0.1, 0.15) is 30.0 Å². The number of primary amides is 1. The van der Waals surface area contributed by atoms with Crippen molar-refractivity contribution in [3.63, 3.8) is 0 Å². The van der Waals surface area contributed by atoms with Gasteiger partial charge in [0.05, 0.1) is 16.0 Å². The Kier molecular flexibility index (Phi) is 6.72. The monoisotopic (exact) mass is 493 g/mol. The van der Waals surface area contributed by atoms with E-state index >= 15 is 0 Å². The summed E-state index contributed by atoms with van der Waals surface area (Å²) in [4.78, 5) is 38.5. The zero-order valence-electron chi connectivity index (χ0n) is 18.2. The van der Waals surface area contributed by atoms with Gasteiger partial charge in [0.25, 0.3) is 5.56 Å². The van der Waals surface area contributed by atoms with Gasteiger partial charge in [0.15, 0.2) is 0 Å². The van der Waals surface area contributed by atoms with Crippen LogP contribution in [0, 0.1) is 0 Å². The molecule has 0 spiro atoms. The van der Waals surface area contributed by atoms with Gasteiger partial charge in [-0.15, -0.1) is 0 Å². The second kappa shape index (κ2) is 9.71. The quantitative estimate of drug-likeness (QED) is 0.389. The van der Waals surface area contributed by atoms with Gasteiger partial charge in [0, 0.05) is 22.7 Å². The number of carbonyl (C=O) groups excluding carboxylic acids is 2. The van der Waals surface area contributed by atoms with Crippen LogP contribution in [-0.4, -0.2) is 16.4 Å². The maximum absolute atomic E-state index is 13.3. The fraction of sp³-hybridized carbons (Fsp3) is 0.115. The number of anilines is 1. The second-order valence-electron chi connectivity index (χ2n) is 7.90. The highest BCUT2D eigenvalue weighted by atomic mass is 35.5. The van der Waals surface area contributed by atoms with Crippen molar-refractivity contribution in [2.45, 2.75) is 18.9 Å². The largest absolute Gasteiger partial charge is 0.368 e. The van der Waals surface area contributed by atoms with Gasteiger partial charge in [-0.2, -0.15) is 0 Å². The van der Waals surface area contributed by atoms with E-state index in [1.165, 1.54) is 10.8 Å². The van der Waals surface area contributed by atoms with E-state index in [2.05, 4.69) is 5.32 Å². The number of fused-ring (bicyclic) bond motifs is 1. The minimum absolute atomic E-state index is 0.269. The van der Waals surface area contributed by atoms with Crippen LogP contribution in [-0.2, 0) is 9.59 Å². The number of aromatic nitrogens is 1. The molecule has 172 valence electrons. The molecule has 0 saturated heterocycles. The molecule has 2 atom stereocenters. The number of nitrogens with zero attached hydrogens (tertiary/aromatic N) is 1. The summed E-state index contributed by atoms with van der Waals surface area (Å²) in [5, 5.41) is 4.57. The number of rotatable bonds is 6. The van der Waals surface area contributed by atoms with E-state index in [0.717, 1.165) is 0 Å². The number of pyridine rings is 1. The maximum Gasteiger partial charge on any atom is 0.259 e. The van der Waals surface area contributed by atoms with E-state index in [-0.39, 0.29) is 5.91 Å². The first-order chi connectivity index (χ1) is 16.3. The van der Waals surface area contributed by atoms with Crippen LogP contribution < -0.4 is 16.6 Å². The molecule has 1 aromatic heterocycles. The molecule has 0 aliphatic rings. The third kappa shape index (κ3) is 4.55. The summed E-state index contributed by atoms with van der Waals surface area (Å²) in [6, 6.07) is 19.7. The lowest BCUT2D eigenvalue weighted by Gasteiger charge is -2.19. The molecule has 8 heteroatoms. The van der Waals surface area contributed by atoms with Crippen molar-refractivity contribution in [2.24, 2.45) is 5.73 Å². The molecule has 0 bridgehead atoms. The van der Waals surface area contributed by atoms with Crippen molar-refractivity contribution in [1.29, 1.82) is 0 Å². The lowest BCUT2D eigenvalue weighted by Crippen LogP contribution is -2.34.